The molecule has 0 unspecified atom stereocenters. The molecule has 0 amide bonds. The Morgan fingerprint density at radius 2 is 1.80 bits per heavy atom. The summed E-state index contributed by atoms with van der Waals surface area (Å²) in [7, 11) is 0. The first-order valence-corrected chi connectivity index (χ1v) is 6.88. The fourth-order valence-corrected chi connectivity index (χ4v) is 2.41. The fraction of sp³-hybridized carbons (Fsp3) is 0.125. The molecule has 2 aromatic carbocycles. The van der Waals surface area contributed by atoms with Gasteiger partial charge in [0.2, 0.25) is 0 Å². The number of nitrogens with zero attached hydrogens (tertiary/aromatic N) is 2. The summed E-state index contributed by atoms with van der Waals surface area (Å²) in [4.78, 5) is 17.1. The summed E-state index contributed by atoms with van der Waals surface area (Å²) in [5, 5.41) is 0.599. The molecule has 0 spiro atoms. The molecule has 0 radical (unpaired) electrons. The van der Waals surface area contributed by atoms with Crippen LogP contribution in [0.2, 0.25) is 0 Å². The van der Waals surface area contributed by atoms with Gasteiger partial charge in [0.25, 0.3) is 5.56 Å². The minimum absolute atomic E-state index is 0.0879. The van der Waals surface area contributed by atoms with Gasteiger partial charge in [0.15, 0.2) is 0 Å². The van der Waals surface area contributed by atoms with Gasteiger partial charge in [-0.25, -0.2) is 4.98 Å². The number of rotatable bonds is 2. The standard InChI is InChI=1S/C16H13ClN2O/c1-11-6-8-12(9-7-11)19-15(10-17)18-14-5-3-2-4-13(14)16(19)20/h2-9H,10H2,1H3. The van der Waals surface area contributed by atoms with Gasteiger partial charge in [-0.2, -0.15) is 0 Å². The van der Waals surface area contributed by atoms with Gasteiger partial charge >= 0.3 is 0 Å². The zero-order chi connectivity index (χ0) is 14.1. The number of fused-ring (bicyclic) bond motifs is 1. The van der Waals surface area contributed by atoms with E-state index < -0.39 is 0 Å². The van der Waals surface area contributed by atoms with Crippen molar-refractivity contribution >= 4 is 22.5 Å². The zero-order valence-electron chi connectivity index (χ0n) is 11.0. The third-order valence-corrected chi connectivity index (χ3v) is 3.50. The molecule has 0 bridgehead atoms. The van der Waals surface area contributed by atoms with Gasteiger partial charge in [-0.15, -0.1) is 11.6 Å². The van der Waals surface area contributed by atoms with Crippen LogP contribution in [0.15, 0.2) is 53.3 Å². The number of alkyl halides is 1. The van der Waals surface area contributed by atoms with Gasteiger partial charge in [0, 0.05) is 0 Å². The third-order valence-electron chi connectivity index (χ3n) is 3.26. The Morgan fingerprint density at radius 1 is 1.10 bits per heavy atom. The van der Waals surface area contributed by atoms with Crippen LogP contribution in [-0.4, -0.2) is 9.55 Å². The second kappa shape index (κ2) is 5.10. The lowest BCUT2D eigenvalue weighted by atomic mass is 10.2. The number of benzene rings is 2. The Morgan fingerprint density at radius 3 is 2.50 bits per heavy atom. The molecule has 3 aromatic rings. The third kappa shape index (κ3) is 2.10. The molecule has 1 heterocycles. The maximum absolute atomic E-state index is 12.7. The van der Waals surface area contributed by atoms with Crippen molar-refractivity contribution in [3.8, 4) is 5.69 Å². The van der Waals surface area contributed by atoms with Crippen LogP contribution in [0.3, 0.4) is 0 Å². The van der Waals surface area contributed by atoms with Gasteiger partial charge in [-0.1, -0.05) is 29.8 Å². The lowest BCUT2D eigenvalue weighted by Crippen LogP contribution is -2.23. The van der Waals surface area contributed by atoms with Crippen molar-refractivity contribution in [1.29, 1.82) is 0 Å². The van der Waals surface area contributed by atoms with Crippen molar-refractivity contribution in [2.75, 3.05) is 0 Å². The number of halogens is 1. The van der Waals surface area contributed by atoms with Crippen LogP contribution in [0, 0.1) is 6.92 Å². The maximum Gasteiger partial charge on any atom is 0.266 e. The molecule has 0 saturated heterocycles. The minimum Gasteiger partial charge on any atom is -0.268 e. The predicted octanol–water partition coefficient (Wildman–Crippen LogP) is 3.43. The number of aromatic nitrogens is 2. The van der Waals surface area contributed by atoms with Crippen molar-refractivity contribution in [3.05, 3.63) is 70.3 Å². The minimum atomic E-state index is -0.0879. The van der Waals surface area contributed by atoms with Gasteiger partial charge < -0.3 is 0 Å². The molecule has 3 rings (SSSR count). The highest BCUT2D eigenvalue weighted by Gasteiger charge is 2.11. The predicted molar refractivity (Wildman–Crippen MR) is 81.6 cm³/mol. The van der Waals surface area contributed by atoms with E-state index in [-0.39, 0.29) is 11.4 Å². The van der Waals surface area contributed by atoms with E-state index in [4.69, 9.17) is 11.6 Å². The van der Waals surface area contributed by atoms with Crippen molar-refractivity contribution in [3.63, 3.8) is 0 Å². The maximum atomic E-state index is 12.7. The molecule has 0 N–H and O–H groups in total. The van der Waals surface area contributed by atoms with Crippen LogP contribution in [0.5, 0.6) is 0 Å². The van der Waals surface area contributed by atoms with Crippen LogP contribution in [-0.2, 0) is 5.88 Å². The van der Waals surface area contributed by atoms with Crippen LogP contribution in [0.25, 0.3) is 16.6 Å². The van der Waals surface area contributed by atoms with E-state index in [2.05, 4.69) is 4.98 Å². The lowest BCUT2D eigenvalue weighted by molar-refractivity contribution is 0.881. The summed E-state index contributed by atoms with van der Waals surface area (Å²) < 4.78 is 1.58. The monoisotopic (exact) mass is 284 g/mol. The summed E-state index contributed by atoms with van der Waals surface area (Å²) in [5.74, 6) is 0.743. The summed E-state index contributed by atoms with van der Waals surface area (Å²) in [5.41, 5.74) is 2.52. The highest BCUT2D eigenvalue weighted by molar-refractivity contribution is 6.16. The zero-order valence-corrected chi connectivity index (χ0v) is 11.8. The molecule has 0 aliphatic heterocycles. The average molecular weight is 285 g/mol. The van der Waals surface area contributed by atoms with Crippen LogP contribution in [0.4, 0.5) is 0 Å². The highest BCUT2D eigenvalue weighted by atomic mass is 35.5. The molecule has 0 aliphatic rings. The Balaban J connectivity index is 2.36. The van der Waals surface area contributed by atoms with Crippen LogP contribution in [0.1, 0.15) is 11.4 Å². The number of para-hydroxylation sites is 1. The highest BCUT2D eigenvalue weighted by Crippen LogP contribution is 2.14. The molecule has 20 heavy (non-hydrogen) atoms. The van der Waals surface area contributed by atoms with E-state index in [0.717, 1.165) is 11.3 Å². The SMILES string of the molecule is Cc1ccc(-n2c(CCl)nc3ccccc3c2=O)cc1. The van der Waals surface area contributed by atoms with E-state index in [1.807, 2.05) is 49.4 Å². The fourth-order valence-electron chi connectivity index (χ4n) is 2.23. The molecular formula is C16H13ClN2O. The molecule has 0 atom stereocenters. The molecule has 0 saturated carbocycles. The molecule has 4 heteroatoms. The molecular weight excluding hydrogens is 272 g/mol. The Bertz CT molecular complexity index is 822. The first-order valence-electron chi connectivity index (χ1n) is 6.34. The largest absolute Gasteiger partial charge is 0.268 e. The molecule has 0 aliphatic carbocycles. The van der Waals surface area contributed by atoms with E-state index in [9.17, 15) is 4.79 Å². The molecule has 0 fully saturated rings. The Hall–Kier alpha value is -2.13. The molecule has 1 aromatic heterocycles. The molecule has 100 valence electrons. The Labute approximate surface area is 121 Å². The Kier molecular flexibility index (Phi) is 3.28. The van der Waals surface area contributed by atoms with Gasteiger partial charge in [-0.05, 0) is 31.2 Å². The van der Waals surface area contributed by atoms with Gasteiger partial charge in [0.05, 0.1) is 22.5 Å². The topological polar surface area (TPSA) is 34.9 Å². The van der Waals surface area contributed by atoms with E-state index in [0.29, 0.717) is 16.7 Å². The van der Waals surface area contributed by atoms with E-state index in [1.54, 1.807) is 10.6 Å². The quantitative estimate of drug-likeness (QED) is 0.676. The van der Waals surface area contributed by atoms with Gasteiger partial charge in [-0.3, -0.25) is 9.36 Å². The van der Waals surface area contributed by atoms with Crippen molar-refractivity contribution in [2.24, 2.45) is 0 Å². The first-order chi connectivity index (χ1) is 9.70. The average Bonchev–Trinajstić information content (AvgIpc) is 2.48. The van der Waals surface area contributed by atoms with E-state index in [1.165, 1.54) is 0 Å². The summed E-state index contributed by atoms with van der Waals surface area (Å²) in [6.45, 7) is 2.01. The van der Waals surface area contributed by atoms with Crippen molar-refractivity contribution in [2.45, 2.75) is 12.8 Å². The second-order valence-corrected chi connectivity index (χ2v) is 4.92. The number of aryl methyl sites for hydroxylation is 1. The second-order valence-electron chi connectivity index (χ2n) is 4.65. The normalized spacial score (nSPS) is 10.9. The van der Waals surface area contributed by atoms with Gasteiger partial charge in [0.1, 0.15) is 5.82 Å². The van der Waals surface area contributed by atoms with Crippen molar-refractivity contribution < 1.29 is 0 Å². The summed E-state index contributed by atoms with van der Waals surface area (Å²) in [6, 6.07) is 15.1. The number of hydrogen-bond acceptors (Lipinski definition) is 2. The molecule has 3 nitrogen and oxygen atoms in total. The van der Waals surface area contributed by atoms with Crippen LogP contribution < -0.4 is 5.56 Å². The number of hydrogen-bond donors (Lipinski definition) is 0. The first kappa shape index (κ1) is 12.9. The summed E-state index contributed by atoms with van der Waals surface area (Å²) in [6.07, 6.45) is 0. The van der Waals surface area contributed by atoms with Crippen molar-refractivity contribution in [1.82, 2.24) is 9.55 Å². The lowest BCUT2D eigenvalue weighted by Gasteiger charge is -2.12. The van der Waals surface area contributed by atoms with E-state index >= 15 is 0 Å². The van der Waals surface area contributed by atoms with Crippen LogP contribution >= 0.6 is 11.6 Å². The summed E-state index contributed by atoms with van der Waals surface area (Å²) >= 11 is 5.96. The smallest absolute Gasteiger partial charge is 0.266 e.